The van der Waals surface area contributed by atoms with Gasteiger partial charge in [0.15, 0.2) is 0 Å². The molecule has 0 saturated carbocycles. The van der Waals surface area contributed by atoms with Gasteiger partial charge >= 0.3 is 5.69 Å². The maximum Gasteiger partial charge on any atom is 0.328 e. The number of H-pyrrole nitrogens is 2. The Balaban J connectivity index is 2.35. The van der Waals surface area contributed by atoms with Crippen molar-refractivity contribution < 1.29 is 9.15 Å². The van der Waals surface area contributed by atoms with Crippen LogP contribution in [0, 0.1) is 11.3 Å². The van der Waals surface area contributed by atoms with Crippen LogP contribution >= 0.6 is 0 Å². The maximum absolute atomic E-state index is 12.0. The van der Waals surface area contributed by atoms with E-state index in [0.29, 0.717) is 5.76 Å². The van der Waals surface area contributed by atoms with Gasteiger partial charge in [-0.25, -0.2) is 4.79 Å². The van der Waals surface area contributed by atoms with Crippen molar-refractivity contribution in [1.29, 1.82) is 5.26 Å². The van der Waals surface area contributed by atoms with Crippen LogP contribution in [0.1, 0.15) is 17.2 Å². The van der Waals surface area contributed by atoms with Gasteiger partial charge in [-0.2, -0.15) is 5.26 Å². The van der Waals surface area contributed by atoms with Crippen molar-refractivity contribution in [2.45, 2.75) is 5.92 Å². The average molecular weight is 272 g/mol. The van der Waals surface area contributed by atoms with Gasteiger partial charge in [0.2, 0.25) is 11.8 Å². The number of allylic oxidation sites excluding steroid dienone is 1. The van der Waals surface area contributed by atoms with Crippen molar-refractivity contribution in [2.75, 3.05) is 0 Å². The van der Waals surface area contributed by atoms with Crippen LogP contribution in [-0.4, -0.2) is 9.97 Å². The lowest BCUT2D eigenvalue weighted by molar-refractivity contribution is 0.365. The van der Waals surface area contributed by atoms with Crippen LogP contribution in [-0.2, 0) is 0 Å². The Morgan fingerprint density at radius 3 is 2.80 bits per heavy atom. The second kappa shape index (κ2) is 4.17. The van der Waals surface area contributed by atoms with Gasteiger partial charge in [0.25, 0.3) is 5.56 Å². The molecule has 1 aliphatic heterocycles. The number of furan rings is 1. The molecule has 8 heteroatoms. The van der Waals surface area contributed by atoms with E-state index < -0.39 is 17.2 Å². The van der Waals surface area contributed by atoms with Crippen molar-refractivity contribution in [3.05, 3.63) is 62.0 Å². The molecule has 0 amide bonds. The van der Waals surface area contributed by atoms with Crippen molar-refractivity contribution in [3.63, 3.8) is 0 Å². The molecule has 3 heterocycles. The number of aromatic amines is 2. The molecule has 20 heavy (non-hydrogen) atoms. The first-order valence-electron chi connectivity index (χ1n) is 5.59. The first kappa shape index (κ1) is 11.9. The molecular formula is C12H8N4O4. The minimum absolute atomic E-state index is 0.0463. The fourth-order valence-electron chi connectivity index (χ4n) is 2.13. The molecule has 8 nitrogen and oxygen atoms in total. The van der Waals surface area contributed by atoms with Crippen LogP contribution in [0.25, 0.3) is 0 Å². The van der Waals surface area contributed by atoms with Gasteiger partial charge < -0.3 is 14.9 Å². The molecule has 2 aromatic heterocycles. The van der Waals surface area contributed by atoms with Crippen LogP contribution < -0.4 is 21.7 Å². The highest BCUT2D eigenvalue weighted by Crippen LogP contribution is 2.38. The Morgan fingerprint density at radius 2 is 2.15 bits per heavy atom. The van der Waals surface area contributed by atoms with Gasteiger partial charge in [-0.1, -0.05) is 0 Å². The van der Waals surface area contributed by atoms with Gasteiger partial charge in [0.05, 0.1) is 17.7 Å². The SMILES string of the molecule is N#CC1=C(N)Oc2[nH]c(=O)[nH]c(=O)c2[C@@H]1c1ccco1. The number of nitriles is 1. The topological polar surface area (TPSA) is 138 Å². The molecule has 0 spiro atoms. The Kier molecular flexibility index (Phi) is 2.47. The van der Waals surface area contributed by atoms with E-state index in [2.05, 4.69) is 9.97 Å². The molecule has 3 rings (SSSR count). The molecule has 0 fully saturated rings. The zero-order chi connectivity index (χ0) is 14.3. The summed E-state index contributed by atoms with van der Waals surface area (Å²) in [5, 5.41) is 9.21. The molecular weight excluding hydrogens is 264 g/mol. The highest BCUT2D eigenvalue weighted by molar-refractivity contribution is 5.50. The normalized spacial score (nSPS) is 17.2. The molecule has 0 bridgehead atoms. The molecule has 0 aromatic carbocycles. The lowest BCUT2D eigenvalue weighted by atomic mass is 9.89. The second-order valence-corrected chi connectivity index (χ2v) is 4.09. The number of hydrogen-bond acceptors (Lipinski definition) is 6. The molecule has 0 saturated heterocycles. The monoisotopic (exact) mass is 272 g/mol. The number of ether oxygens (including phenoxy) is 1. The first-order chi connectivity index (χ1) is 9.61. The summed E-state index contributed by atoms with van der Waals surface area (Å²) in [5.41, 5.74) is 4.40. The van der Waals surface area contributed by atoms with E-state index in [1.165, 1.54) is 6.26 Å². The van der Waals surface area contributed by atoms with Crippen LogP contribution in [0.2, 0.25) is 0 Å². The standard InChI is InChI=1S/C12H8N4O4/c13-4-5-7(6-2-1-3-19-6)8-10(17)15-12(18)16-11(8)20-9(5)14/h1-3,7H,14H2,(H2,15,16,17,18)/t7-/m0/s1. The molecule has 4 N–H and O–H groups in total. The molecule has 0 aliphatic carbocycles. The van der Waals surface area contributed by atoms with E-state index >= 15 is 0 Å². The summed E-state index contributed by atoms with van der Waals surface area (Å²) in [6.45, 7) is 0. The van der Waals surface area contributed by atoms with Crippen molar-refractivity contribution in [3.8, 4) is 11.9 Å². The highest BCUT2D eigenvalue weighted by atomic mass is 16.5. The van der Waals surface area contributed by atoms with Gasteiger partial charge in [-0.3, -0.25) is 14.8 Å². The van der Waals surface area contributed by atoms with Gasteiger partial charge in [-0.05, 0) is 12.1 Å². The third-order valence-corrected chi connectivity index (χ3v) is 2.95. The summed E-state index contributed by atoms with van der Waals surface area (Å²) in [6.07, 6.45) is 1.41. The fourth-order valence-corrected chi connectivity index (χ4v) is 2.13. The van der Waals surface area contributed by atoms with Crippen LogP contribution in [0.4, 0.5) is 0 Å². The largest absolute Gasteiger partial charge is 0.468 e. The Labute approximate surface area is 111 Å². The predicted octanol–water partition coefficient (Wildman–Crippen LogP) is -0.126. The summed E-state index contributed by atoms with van der Waals surface area (Å²) in [5.74, 6) is -0.731. The zero-order valence-electron chi connectivity index (χ0n) is 9.97. The molecule has 2 aromatic rings. The van der Waals surface area contributed by atoms with E-state index in [9.17, 15) is 14.9 Å². The fraction of sp³-hybridized carbons (Fsp3) is 0.0833. The summed E-state index contributed by atoms with van der Waals surface area (Å²) >= 11 is 0. The third-order valence-electron chi connectivity index (χ3n) is 2.95. The third kappa shape index (κ3) is 1.61. The Morgan fingerprint density at radius 1 is 1.35 bits per heavy atom. The van der Waals surface area contributed by atoms with Gasteiger partial charge in [0, 0.05) is 0 Å². The number of nitrogens with two attached hydrogens (primary N) is 1. The van der Waals surface area contributed by atoms with E-state index in [-0.39, 0.29) is 22.9 Å². The van der Waals surface area contributed by atoms with E-state index in [0.717, 1.165) is 0 Å². The van der Waals surface area contributed by atoms with Crippen LogP contribution in [0.3, 0.4) is 0 Å². The van der Waals surface area contributed by atoms with E-state index in [1.54, 1.807) is 12.1 Å². The number of nitrogens with one attached hydrogen (secondary N) is 2. The Bertz CT molecular complexity index is 851. The summed E-state index contributed by atoms with van der Waals surface area (Å²) in [4.78, 5) is 27.7. The average Bonchev–Trinajstić information content (AvgIpc) is 2.90. The van der Waals surface area contributed by atoms with Crippen molar-refractivity contribution >= 4 is 0 Å². The van der Waals surface area contributed by atoms with Crippen molar-refractivity contribution in [2.24, 2.45) is 5.73 Å². The number of aromatic nitrogens is 2. The number of fused-ring (bicyclic) bond motifs is 1. The Hall–Kier alpha value is -3.21. The van der Waals surface area contributed by atoms with Gasteiger partial charge in [-0.15, -0.1) is 0 Å². The van der Waals surface area contributed by atoms with E-state index in [1.807, 2.05) is 6.07 Å². The quantitative estimate of drug-likeness (QED) is 0.661. The molecule has 0 radical (unpaired) electrons. The van der Waals surface area contributed by atoms with Crippen LogP contribution in [0.5, 0.6) is 5.88 Å². The van der Waals surface area contributed by atoms with Gasteiger partial charge in [0.1, 0.15) is 17.4 Å². The van der Waals surface area contributed by atoms with E-state index in [4.69, 9.17) is 14.9 Å². The zero-order valence-corrected chi connectivity index (χ0v) is 9.97. The smallest absolute Gasteiger partial charge is 0.328 e. The first-order valence-corrected chi connectivity index (χ1v) is 5.59. The lowest BCUT2D eigenvalue weighted by Gasteiger charge is -2.22. The van der Waals surface area contributed by atoms with Crippen molar-refractivity contribution in [1.82, 2.24) is 9.97 Å². The summed E-state index contributed by atoms with van der Waals surface area (Å²) < 4.78 is 10.4. The molecule has 100 valence electrons. The minimum atomic E-state index is -0.820. The lowest BCUT2D eigenvalue weighted by Crippen LogP contribution is -2.33. The summed E-state index contributed by atoms with van der Waals surface area (Å²) in [6, 6.07) is 5.13. The number of nitrogens with zero attached hydrogens (tertiary/aromatic N) is 1. The maximum atomic E-state index is 12.0. The predicted molar refractivity (Wildman–Crippen MR) is 65.7 cm³/mol. The molecule has 1 aliphatic rings. The second-order valence-electron chi connectivity index (χ2n) is 4.09. The number of rotatable bonds is 1. The molecule has 0 unspecified atom stereocenters. The minimum Gasteiger partial charge on any atom is -0.468 e. The molecule has 1 atom stereocenters. The summed E-state index contributed by atoms with van der Waals surface area (Å²) in [7, 11) is 0. The highest BCUT2D eigenvalue weighted by Gasteiger charge is 2.35. The van der Waals surface area contributed by atoms with Crippen LogP contribution in [0.15, 0.2) is 43.9 Å². The number of hydrogen-bond donors (Lipinski definition) is 3.